The topological polar surface area (TPSA) is 40.2 Å². The van der Waals surface area contributed by atoms with Crippen LogP contribution in [0.1, 0.15) is 5.56 Å². The van der Waals surface area contributed by atoms with Crippen LogP contribution in [-0.4, -0.2) is 0 Å². The van der Waals surface area contributed by atoms with Crippen LogP contribution in [0.5, 0.6) is 0 Å². The highest BCUT2D eigenvalue weighted by Gasteiger charge is 2.21. The van der Waals surface area contributed by atoms with Crippen molar-refractivity contribution in [1.82, 2.24) is 0 Å². The van der Waals surface area contributed by atoms with Crippen molar-refractivity contribution in [2.45, 2.75) is 0 Å². The Morgan fingerprint density at radius 3 is 1.85 bits per heavy atom. The van der Waals surface area contributed by atoms with Gasteiger partial charge >= 0.3 is 0 Å². The van der Waals surface area contributed by atoms with Crippen molar-refractivity contribution < 1.29 is 4.42 Å². The van der Waals surface area contributed by atoms with Crippen LogP contribution in [0.3, 0.4) is 0 Å². The highest BCUT2D eigenvalue weighted by atomic mass is 16.3. The van der Waals surface area contributed by atoms with Crippen LogP contribution in [0.2, 0.25) is 0 Å². The van der Waals surface area contributed by atoms with Crippen LogP contribution >= 0.6 is 0 Å². The van der Waals surface area contributed by atoms with Crippen molar-refractivity contribution in [1.29, 1.82) is 5.26 Å². The summed E-state index contributed by atoms with van der Waals surface area (Å²) in [6.45, 7) is 0. The van der Waals surface area contributed by atoms with Gasteiger partial charge in [0.05, 0.1) is 16.9 Å². The molecule has 0 amide bonds. The molecule has 0 saturated heterocycles. The molecule has 52 heavy (non-hydrogen) atoms. The predicted octanol–water partition coefficient (Wildman–Crippen LogP) is 13.7. The summed E-state index contributed by atoms with van der Waals surface area (Å²) in [4.78, 5) is 2.38. The summed E-state index contributed by atoms with van der Waals surface area (Å²) in [5.41, 5.74) is 9.75. The monoisotopic (exact) mass is 662 g/mol. The minimum atomic E-state index is 0.542. The van der Waals surface area contributed by atoms with Gasteiger partial charge in [-0.1, -0.05) is 146 Å². The molecule has 3 heteroatoms. The molecule has 1 aromatic heterocycles. The fourth-order valence-corrected chi connectivity index (χ4v) is 7.91. The average Bonchev–Trinajstić information content (AvgIpc) is 3.59. The molecule has 0 aliphatic heterocycles. The Balaban J connectivity index is 1.14. The molecule has 0 N–H and O–H groups in total. The number of rotatable bonds is 5. The summed E-state index contributed by atoms with van der Waals surface area (Å²) >= 11 is 0. The second-order valence-corrected chi connectivity index (χ2v) is 13.2. The van der Waals surface area contributed by atoms with Crippen molar-refractivity contribution in [3.63, 3.8) is 0 Å². The lowest BCUT2D eigenvalue weighted by atomic mass is 9.92. The fourth-order valence-electron chi connectivity index (χ4n) is 7.91. The van der Waals surface area contributed by atoms with Crippen LogP contribution in [0, 0.1) is 11.3 Å². The lowest BCUT2D eigenvalue weighted by molar-refractivity contribution is 0.669. The first-order chi connectivity index (χ1) is 25.8. The number of nitriles is 1. The van der Waals surface area contributed by atoms with Crippen molar-refractivity contribution >= 4 is 71.3 Å². The molecule has 0 aliphatic rings. The van der Waals surface area contributed by atoms with Crippen molar-refractivity contribution in [3.05, 3.63) is 188 Å². The van der Waals surface area contributed by atoms with E-state index in [0.29, 0.717) is 11.1 Å². The quantitative estimate of drug-likeness (QED) is 0.184. The van der Waals surface area contributed by atoms with Crippen LogP contribution in [0.4, 0.5) is 17.1 Å². The van der Waals surface area contributed by atoms with E-state index in [4.69, 9.17) is 4.42 Å². The molecule has 242 valence electrons. The van der Waals surface area contributed by atoms with Gasteiger partial charge in [0, 0.05) is 32.8 Å². The molecule has 10 aromatic rings. The number of para-hydroxylation sites is 2. The largest absolute Gasteiger partial charge is 0.454 e. The van der Waals surface area contributed by atoms with Gasteiger partial charge in [-0.25, -0.2) is 0 Å². The number of anilines is 3. The Labute approximate surface area is 300 Å². The van der Waals surface area contributed by atoms with E-state index in [1.807, 2.05) is 18.2 Å². The summed E-state index contributed by atoms with van der Waals surface area (Å²) in [5.74, 6) is 0. The molecular formula is C49H30N2O. The van der Waals surface area contributed by atoms with E-state index in [2.05, 4.69) is 175 Å². The number of nitrogens with zero attached hydrogens (tertiary/aromatic N) is 2. The molecule has 0 atom stereocenters. The zero-order chi connectivity index (χ0) is 34.6. The number of fused-ring (bicyclic) bond motifs is 6. The minimum Gasteiger partial charge on any atom is -0.454 e. The molecule has 3 nitrogen and oxygen atoms in total. The maximum absolute atomic E-state index is 9.84. The van der Waals surface area contributed by atoms with Gasteiger partial charge < -0.3 is 9.32 Å². The average molecular weight is 663 g/mol. The van der Waals surface area contributed by atoms with E-state index in [0.717, 1.165) is 60.9 Å². The maximum atomic E-state index is 9.84. The lowest BCUT2D eigenvalue weighted by Gasteiger charge is -2.28. The van der Waals surface area contributed by atoms with Gasteiger partial charge in [0.15, 0.2) is 5.58 Å². The fraction of sp³-hybridized carbons (Fsp3) is 0. The lowest BCUT2D eigenvalue weighted by Crippen LogP contribution is -2.11. The third kappa shape index (κ3) is 4.66. The standard InChI is InChI=1S/C49H30N2O/c50-31-36-15-10-22-43-44-30-35-13-5-7-19-40(35)47(49(44)52-48(36)43)34-26-24-33(25-27-34)38-28-29-46(42-21-9-8-20-41(38)42)51(37-16-2-1-3-17-37)45-23-11-14-32-12-4-6-18-39(32)45/h1-30H. The first-order valence-corrected chi connectivity index (χ1v) is 17.5. The number of benzene rings is 9. The zero-order valence-corrected chi connectivity index (χ0v) is 28.1. The van der Waals surface area contributed by atoms with E-state index in [-0.39, 0.29) is 0 Å². The molecule has 1 heterocycles. The van der Waals surface area contributed by atoms with Gasteiger partial charge in [0.25, 0.3) is 0 Å². The number of hydrogen-bond donors (Lipinski definition) is 0. The Bertz CT molecular complexity index is 3020. The molecular weight excluding hydrogens is 633 g/mol. The van der Waals surface area contributed by atoms with Gasteiger partial charge in [-0.3, -0.25) is 0 Å². The highest BCUT2D eigenvalue weighted by molar-refractivity contribution is 6.19. The first-order valence-electron chi connectivity index (χ1n) is 17.5. The molecule has 0 aliphatic carbocycles. The van der Waals surface area contributed by atoms with Gasteiger partial charge in [0.2, 0.25) is 0 Å². The smallest absolute Gasteiger partial charge is 0.153 e. The molecule has 0 radical (unpaired) electrons. The first kappa shape index (κ1) is 29.7. The summed E-state index contributed by atoms with van der Waals surface area (Å²) in [7, 11) is 0. The SMILES string of the molecule is N#Cc1cccc2c1oc1c(-c3ccc(-c4ccc(N(c5ccccc5)c5cccc6ccccc56)c5ccccc45)cc3)c3ccccc3cc12. The summed E-state index contributed by atoms with van der Waals surface area (Å²) in [5, 5.41) is 18.8. The summed E-state index contributed by atoms with van der Waals surface area (Å²) in [6, 6.07) is 66.5. The highest BCUT2D eigenvalue weighted by Crippen LogP contribution is 2.45. The molecule has 9 aromatic carbocycles. The van der Waals surface area contributed by atoms with E-state index in [1.165, 1.54) is 27.1 Å². The normalized spacial score (nSPS) is 11.4. The second kappa shape index (κ2) is 12.0. The van der Waals surface area contributed by atoms with Crippen molar-refractivity contribution in [2.24, 2.45) is 0 Å². The van der Waals surface area contributed by atoms with E-state index < -0.39 is 0 Å². The summed E-state index contributed by atoms with van der Waals surface area (Å²) < 4.78 is 6.55. The second-order valence-electron chi connectivity index (χ2n) is 13.2. The maximum Gasteiger partial charge on any atom is 0.153 e. The molecule has 10 rings (SSSR count). The van der Waals surface area contributed by atoms with Crippen molar-refractivity contribution in [3.8, 4) is 28.3 Å². The van der Waals surface area contributed by atoms with Crippen molar-refractivity contribution in [2.75, 3.05) is 4.90 Å². The van der Waals surface area contributed by atoms with Gasteiger partial charge in [-0.15, -0.1) is 0 Å². The Morgan fingerprint density at radius 2 is 1.04 bits per heavy atom. The van der Waals surface area contributed by atoms with E-state index in [1.54, 1.807) is 0 Å². The van der Waals surface area contributed by atoms with Gasteiger partial charge in [0.1, 0.15) is 11.7 Å². The number of hydrogen-bond acceptors (Lipinski definition) is 3. The van der Waals surface area contributed by atoms with E-state index >= 15 is 0 Å². The number of furan rings is 1. The molecule has 0 bridgehead atoms. The molecule has 0 spiro atoms. The Kier molecular flexibility index (Phi) is 6.87. The van der Waals surface area contributed by atoms with Crippen LogP contribution < -0.4 is 4.90 Å². The third-order valence-corrected chi connectivity index (χ3v) is 10.3. The Morgan fingerprint density at radius 1 is 0.423 bits per heavy atom. The minimum absolute atomic E-state index is 0.542. The third-order valence-electron chi connectivity index (χ3n) is 10.3. The zero-order valence-electron chi connectivity index (χ0n) is 28.1. The van der Waals surface area contributed by atoms with Crippen LogP contribution in [0.15, 0.2) is 186 Å². The summed E-state index contributed by atoms with van der Waals surface area (Å²) in [6.07, 6.45) is 0. The molecule has 0 fully saturated rings. The van der Waals surface area contributed by atoms with E-state index in [9.17, 15) is 5.26 Å². The molecule has 0 unspecified atom stereocenters. The Hall–Kier alpha value is -7.15. The van der Waals surface area contributed by atoms with Gasteiger partial charge in [-0.2, -0.15) is 5.26 Å². The van der Waals surface area contributed by atoms with Crippen LogP contribution in [-0.2, 0) is 0 Å². The predicted molar refractivity (Wildman–Crippen MR) is 217 cm³/mol. The molecule has 0 saturated carbocycles. The van der Waals surface area contributed by atoms with Gasteiger partial charge in [-0.05, 0) is 74.6 Å². The van der Waals surface area contributed by atoms with Crippen LogP contribution in [0.25, 0.3) is 76.5 Å².